The Balaban J connectivity index is 3.31. The first-order valence-electron chi connectivity index (χ1n) is 3.97. The molecule has 0 bridgehead atoms. The maximum Gasteiger partial charge on any atom is 0.185 e. The van der Waals surface area contributed by atoms with Gasteiger partial charge in [-0.15, -0.1) is 0 Å². The van der Waals surface area contributed by atoms with Crippen molar-refractivity contribution in [3.63, 3.8) is 0 Å². The molecular weight excluding hydrogens is 140 g/mol. The van der Waals surface area contributed by atoms with E-state index in [0.29, 0.717) is 6.54 Å². The second-order valence-corrected chi connectivity index (χ2v) is 2.64. The van der Waals surface area contributed by atoms with Gasteiger partial charge >= 0.3 is 0 Å². The van der Waals surface area contributed by atoms with Crippen LogP contribution in [-0.4, -0.2) is 18.5 Å². The van der Waals surface area contributed by atoms with Crippen molar-refractivity contribution < 1.29 is 0 Å². The van der Waals surface area contributed by atoms with E-state index in [-0.39, 0.29) is 12.0 Å². The van der Waals surface area contributed by atoms with E-state index in [2.05, 4.69) is 11.9 Å². The lowest BCUT2D eigenvalue weighted by Crippen LogP contribution is -2.25. The summed E-state index contributed by atoms with van der Waals surface area (Å²) in [5, 5.41) is 0. The van der Waals surface area contributed by atoms with Gasteiger partial charge in [0.2, 0.25) is 0 Å². The third kappa shape index (κ3) is 7.12. The van der Waals surface area contributed by atoms with Crippen molar-refractivity contribution in [1.82, 2.24) is 0 Å². The molecule has 0 aliphatic heterocycles. The van der Waals surface area contributed by atoms with Crippen LogP contribution in [0.2, 0.25) is 0 Å². The summed E-state index contributed by atoms with van der Waals surface area (Å²) in [6.45, 7) is 2.75. The maximum absolute atomic E-state index is 5.72. The Hall–Kier alpha value is -0.770. The minimum absolute atomic E-state index is 0.147. The van der Waals surface area contributed by atoms with Gasteiger partial charge in [0, 0.05) is 12.6 Å². The molecule has 6 N–H and O–H groups in total. The van der Waals surface area contributed by atoms with Gasteiger partial charge in [-0.25, -0.2) is 0 Å². The quantitative estimate of drug-likeness (QED) is 0.381. The molecule has 4 nitrogen and oxygen atoms in total. The van der Waals surface area contributed by atoms with Crippen molar-refractivity contribution in [2.24, 2.45) is 22.2 Å². The topological polar surface area (TPSA) is 90.4 Å². The van der Waals surface area contributed by atoms with Crippen molar-refractivity contribution in [3.05, 3.63) is 0 Å². The zero-order valence-electron chi connectivity index (χ0n) is 7.09. The molecule has 4 heteroatoms. The highest BCUT2D eigenvalue weighted by molar-refractivity contribution is 5.75. The summed E-state index contributed by atoms with van der Waals surface area (Å²) in [5.41, 5.74) is 16.0. The Morgan fingerprint density at radius 3 is 2.45 bits per heavy atom. The van der Waals surface area contributed by atoms with E-state index in [4.69, 9.17) is 17.2 Å². The van der Waals surface area contributed by atoms with Crippen LogP contribution in [0.3, 0.4) is 0 Å². The van der Waals surface area contributed by atoms with Gasteiger partial charge in [0.05, 0.1) is 0 Å². The molecule has 0 aromatic carbocycles. The summed E-state index contributed by atoms with van der Waals surface area (Å²) in [6, 6.07) is 0.239. The molecule has 1 atom stereocenters. The normalized spacial score (nSPS) is 12.5. The minimum atomic E-state index is 0.147. The lowest BCUT2D eigenvalue weighted by Gasteiger charge is -2.06. The zero-order valence-corrected chi connectivity index (χ0v) is 7.09. The maximum atomic E-state index is 5.72. The fourth-order valence-electron chi connectivity index (χ4n) is 0.875. The summed E-state index contributed by atoms with van der Waals surface area (Å²) in [6.07, 6.45) is 3.02. The highest BCUT2D eigenvalue weighted by Gasteiger charge is 1.98. The predicted molar refractivity (Wildman–Crippen MR) is 48.2 cm³/mol. The molecule has 0 aromatic heterocycles. The van der Waals surface area contributed by atoms with Crippen LogP contribution < -0.4 is 17.2 Å². The summed E-state index contributed by atoms with van der Waals surface area (Å²) in [4.78, 5) is 3.84. The molecule has 0 aromatic rings. The van der Waals surface area contributed by atoms with E-state index in [1.807, 2.05) is 0 Å². The van der Waals surface area contributed by atoms with Crippen LogP contribution in [0.25, 0.3) is 0 Å². The van der Waals surface area contributed by atoms with Gasteiger partial charge in [0.1, 0.15) is 0 Å². The van der Waals surface area contributed by atoms with Gasteiger partial charge in [-0.05, 0) is 12.8 Å². The first kappa shape index (κ1) is 10.2. The zero-order chi connectivity index (χ0) is 8.69. The second kappa shape index (κ2) is 5.97. The fourth-order valence-corrected chi connectivity index (χ4v) is 0.875. The monoisotopic (exact) mass is 158 g/mol. The smallest absolute Gasteiger partial charge is 0.185 e. The molecule has 0 amide bonds. The number of aliphatic imine (C=N–C) groups is 1. The largest absolute Gasteiger partial charge is 0.370 e. The first-order valence-corrected chi connectivity index (χ1v) is 3.97. The van der Waals surface area contributed by atoms with Gasteiger partial charge in [-0.2, -0.15) is 0 Å². The van der Waals surface area contributed by atoms with Crippen LogP contribution >= 0.6 is 0 Å². The average molecular weight is 158 g/mol. The lowest BCUT2D eigenvalue weighted by molar-refractivity contribution is 0.568. The average Bonchev–Trinajstić information content (AvgIpc) is 1.87. The Bertz CT molecular complexity index is 118. The van der Waals surface area contributed by atoms with Crippen molar-refractivity contribution in [2.75, 3.05) is 6.54 Å². The van der Waals surface area contributed by atoms with E-state index in [0.717, 1.165) is 19.3 Å². The highest BCUT2D eigenvalue weighted by atomic mass is 15.0. The SMILES string of the molecule is CCCC(N)CCN=C(N)N. The highest BCUT2D eigenvalue weighted by Crippen LogP contribution is 1.97. The van der Waals surface area contributed by atoms with Gasteiger partial charge in [0.25, 0.3) is 0 Å². The number of nitrogens with two attached hydrogens (primary N) is 3. The molecule has 0 heterocycles. The van der Waals surface area contributed by atoms with E-state index in [9.17, 15) is 0 Å². The van der Waals surface area contributed by atoms with Crippen LogP contribution in [0.1, 0.15) is 26.2 Å². The standard InChI is InChI=1S/C7H18N4/c1-2-3-6(8)4-5-11-7(9)10/h6H,2-5,8H2,1H3,(H4,9,10,11). The Morgan fingerprint density at radius 2 is 2.00 bits per heavy atom. The predicted octanol–water partition coefficient (Wildman–Crippen LogP) is -0.223. The molecule has 1 unspecified atom stereocenters. The summed E-state index contributed by atoms with van der Waals surface area (Å²) < 4.78 is 0. The molecule has 11 heavy (non-hydrogen) atoms. The number of hydrogen-bond donors (Lipinski definition) is 3. The summed E-state index contributed by atoms with van der Waals surface area (Å²) >= 11 is 0. The van der Waals surface area contributed by atoms with Crippen LogP contribution in [0.4, 0.5) is 0 Å². The van der Waals surface area contributed by atoms with Crippen molar-refractivity contribution in [3.8, 4) is 0 Å². The molecule has 0 spiro atoms. The molecular formula is C7H18N4. The summed E-state index contributed by atoms with van der Waals surface area (Å²) in [5.74, 6) is 0.147. The number of guanidine groups is 1. The van der Waals surface area contributed by atoms with Crippen LogP contribution in [0.5, 0.6) is 0 Å². The fraction of sp³-hybridized carbons (Fsp3) is 0.857. The number of hydrogen-bond acceptors (Lipinski definition) is 2. The van der Waals surface area contributed by atoms with Crippen LogP contribution in [0, 0.1) is 0 Å². The number of nitrogens with zero attached hydrogens (tertiary/aromatic N) is 1. The minimum Gasteiger partial charge on any atom is -0.370 e. The van der Waals surface area contributed by atoms with E-state index in [1.165, 1.54) is 0 Å². The van der Waals surface area contributed by atoms with Gasteiger partial charge in [0.15, 0.2) is 5.96 Å². The molecule has 66 valence electrons. The molecule has 0 radical (unpaired) electrons. The van der Waals surface area contributed by atoms with E-state index in [1.54, 1.807) is 0 Å². The Kier molecular flexibility index (Phi) is 5.56. The molecule has 0 aliphatic rings. The molecule has 0 saturated heterocycles. The van der Waals surface area contributed by atoms with Crippen molar-refractivity contribution in [2.45, 2.75) is 32.2 Å². The van der Waals surface area contributed by atoms with Crippen molar-refractivity contribution >= 4 is 5.96 Å². The third-order valence-corrected chi connectivity index (χ3v) is 1.45. The van der Waals surface area contributed by atoms with Crippen LogP contribution in [0.15, 0.2) is 4.99 Å². The third-order valence-electron chi connectivity index (χ3n) is 1.45. The Morgan fingerprint density at radius 1 is 1.36 bits per heavy atom. The molecule has 0 rings (SSSR count). The molecule has 0 fully saturated rings. The van der Waals surface area contributed by atoms with Gasteiger partial charge in [-0.1, -0.05) is 13.3 Å². The number of rotatable bonds is 5. The van der Waals surface area contributed by atoms with Gasteiger partial charge in [-0.3, -0.25) is 4.99 Å². The lowest BCUT2D eigenvalue weighted by atomic mass is 10.1. The van der Waals surface area contributed by atoms with Crippen LogP contribution in [-0.2, 0) is 0 Å². The molecule has 0 saturated carbocycles. The second-order valence-electron chi connectivity index (χ2n) is 2.64. The van der Waals surface area contributed by atoms with E-state index >= 15 is 0 Å². The Labute approximate surface area is 67.8 Å². The first-order chi connectivity index (χ1) is 5.16. The van der Waals surface area contributed by atoms with E-state index < -0.39 is 0 Å². The summed E-state index contributed by atoms with van der Waals surface area (Å²) in [7, 11) is 0. The van der Waals surface area contributed by atoms with Gasteiger partial charge < -0.3 is 17.2 Å². The molecule has 0 aliphatic carbocycles. The van der Waals surface area contributed by atoms with Crippen molar-refractivity contribution in [1.29, 1.82) is 0 Å².